The molecule has 2 atom stereocenters. The molecule has 140 valence electrons. The molecule has 2 unspecified atom stereocenters. The maximum absolute atomic E-state index is 10.7. The number of nitrogens with zero attached hydrogens (tertiary/aromatic N) is 1. The summed E-state index contributed by atoms with van der Waals surface area (Å²) in [7, 11) is 0.556. The zero-order valence-corrected chi connectivity index (χ0v) is 18.1. The van der Waals surface area contributed by atoms with Crippen molar-refractivity contribution >= 4 is 20.1 Å². The summed E-state index contributed by atoms with van der Waals surface area (Å²) in [5.41, 5.74) is 4.29. The third kappa shape index (κ3) is 4.95. The van der Waals surface area contributed by atoms with Gasteiger partial charge in [-0.25, -0.2) is 0 Å². The summed E-state index contributed by atoms with van der Waals surface area (Å²) in [6, 6.07) is 12.7. The molecule has 0 radical (unpaired) electrons. The van der Waals surface area contributed by atoms with Crippen LogP contribution < -0.4 is 5.30 Å². The summed E-state index contributed by atoms with van der Waals surface area (Å²) in [6.45, 7) is 14.9. The Bertz CT molecular complexity index is 804. The maximum atomic E-state index is 10.7. The Morgan fingerprint density at radius 3 is 2.35 bits per heavy atom. The molecule has 0 aliphatic heterocycles. The lowest BCUT2D eigenvalue weighted by molar-refractivity contribution is 0.452. The van der Waals surface area contributed by atoms with Gasteiger partial charge < -0.3 is 5.11 Å². The smallest absolute Gasteiger partial charge is 0.122 e. The molecule has 0 fully saturated rings. The molecular formula is C23H32NOP. The van der Waals surface area contributed by atoms with E-state index < -0.39 is 0 Å². The summed E-state index contributed by atoms with van der Waals surface area (Å²) in [5, 5.41) is 11.9. The molecule has 0 spiro atoms. The van der Waals surface area contributed by atoms with Crippen LogP contribution >= 0.6 is 8.58 Å². The Morgan fingerprint density at radius 1 is 1.08 bits per heavy atom. The third-order valence-electron chi connectivity index (χ3n) is 4.71. The van der Waals surface area contributed by atoms with Gasteiger partial charge in [0.05, 0.1) is 5.54 Å². The lowest BCUT2D eigenvalue weighted by atomic mass is 9.93. The molecule has 0 amide bonds. The van der Waals surface area contributed by atoms with Gasteiger partial charge in [-0.1, -0.05) is 64.4 Å². The Balaban J connectivity index is 2.47. The quantitative estimate of drug-likeness (QED) is 0.520. The maximum Gasteiger partial charge on any atom is 0.122 e. The van der Waals surface area contributed by atoms with Crippen molar-refractivity contribution in [1.29, 1.82) is 0 Å². The van der Waals surface area contributed by atoms with Gasteiger partial charge in [0, 0.05) is 16.9 Å². The third-order valence-corrected chi connectivity index (χ3v) is 6.61. The van der Waals surface area contributed by atoms with Crippen LogP contribution in [-0.4, -0.2) is 16.9 Å². The van der Waals surface area contributed by atoms with E-state index in [1.165, 1.54) is 16.4 Å². The Morgan fingerprint density at radius 2 is 1.73 bits per heavy atom. The van der Waals surface area contributed by atoms with Crippen LogP contribution in [0.4, 0.5) is 0 Å². The number of benzene rings is 2. The molecule has 2 aromatic rings. The average Bonchev–Trinajstić information content (AvgIpc) is 2.56. The van der Waals surface area contributed by atoms with Crippen LogP contribution in [-0.2, 0) is 5.16 Å². The Hall–Kier alpha value is -1.66. The summed E-state index contributed by atoms with van der Waals surface area (Å²) in [4.78, 5) is 4.69. The molecule has 26 heavy (non-hydrogen) atoms. The number of phenols is 1. The van der Waals surface area contributed by atoms with Crippen LogP contribution in [0.1, 0.15) is 63.3 Å². The summed E-state index contributed by atoms with van der Waals surface area (Å²) in [5.74, 6) is 0.438. The molecule has 0 saturated carbocycles. The number of hydrogen-bond acceptors (Lipinski definition) is 2. The molecule has 0 aromatic heterocycles. The Kier molecular flexibility index (Phi) is 6.29. The second kappa shape index (κ2) is 7.92. The highest BCUT2D eigenvalue weighted by atomic mass is 31.1. The van der Waals surface area contributed by atoms with Gasteiger partial charge in [-0.3, -0.25) is 4.99 Å². The zero-order chi connectivity index (χ0) is 19.5. The van der Waals surface area contributed by atoms with E-state index in [9.17, 15) is 5.11 Å². The number of aryl methyl sites for hydroxylation is 2. The fourth-order valence-corrected chi connectivity index (χ4v) is 4.58. The molecule has 2 aromatic carbocycles. The van der Waals surface area contributed by atoms with Gasteiger partial charge in [0.25, 0.3) is 0 Å². The number of rotatable bonds is 5. The second-order valence-corrected chi connectivity index (χ2v) is 10.2. The minimum atomic E-state index is -0.105. The fraction of sp³-hybridized carbons (Fsp3) is 0.435. The van der Waals surface area contributed by atoms with Gasteiger partial charge in [-0.15, -0.1) is 0 Å². The zero-order valence-electron chi connectivity index (χ0n) is 17.1. The monoisotopic (exact) mass is 369 g/mol. The van der Waals surface area contributed by atoms with E-state index >= 15 is 0 Å². The van der Waals surface area contributed by atoms with Gasteiger partial charge in [0.2, 0.25) is 0 Å². The van der Waals surface area contributed by atoms with Crippen molar-refractivity contribution in [3.05, 3.63) is 58.7 Å². The first kappa shape index (κ1) is 20.6. The van der Waals surface area contributed by atoms with E-state index in [-0.39, 0.29) is 10.7 Å². The minimum absolute atomic E-state index is 0.0871. The van der Waals surface area contributed by atoms with Crippen molar-refractivity contribution in [3.63, 3.8) is 0 Å². The number of aliphatic imine (C=N–C) groups is 1. The summed E-state index contributed by atoms with van der Waals surface area (Å²) in [6.07, 6.45) is 2.96. The van der Waals surface area contributed by atoms with Crippen molar-refractivity contribution in [2.24, 2.45) is 4.99 Å². The van der Waals surface area contributed by atoms with E-state index in [0.717, 1.165) is 17.5 Å². The van der Waals surface area contributed by atoms with Crippen LogP contribution in [0.15, 0.2) is 41.4 Å². The minimum Gasteiger partial charge on any atom is -0.507 e. The van der Waals surface area contributed by atoms with Gasteiger partial charge in [0.1, 0.15) is 5.75 Å². The van der Waals surface area contributed by atoms with E-state index in [0.29, 0.717) is 14.3 Å². The molecule has 2 nitrogen and oxygen atoms in total. The van der Waals surface area contributed by atoms with E-state index in [2.05, 4.69) is 71.9 Å². The van der Waals surface area contributed by atoms with E-state index in [1.807, 2.05) is 19.2 Å². The molecule has 1 N–H and O–H groups in total. The van der Waals surface area contributed by atoms with Gasteiger partial charge >= 0.3 is 0 Å². The first-order valence-corrected chi connectivity index (χ1v) is 10.3. The fourth-order valence-electron chi connectivity index (χ4n) is 3.01. The molecule has 0 bridgehead atoms. The highest BCUT2D eigenvalue weighted by Gasteiger charge is 2.29. The van der Waals surface area contributed by atoms with Crippen molar-refractivity contribution in [3.8, 4) is 5.75 Å². The molecule has 0 aliphatic carbocycles. The van der Waals surface area contributed by atoms with Crippen molar-refractivity contribution in [2.75, 3.05) is 0 Å². The first-order chi connectivity index (χ1) is 12.1. The van der Waals surface area contributed by atoms with E-state index in [4.69, 9.17) is 4.99 Å². The van der Waals surface area contributed by atoms with Crippen molar-refractivity contribution in [1.82, 2.24) is 0 Å². The van der Waals surface area contributed by atoms with Crippen LogP contribution in [0.25, 0.3) is 0 Å². The first-order valence-electron chi connectivity index (χ1n) is 9.29. The highest BCUT2D eigenvalue weighted by Crippen LogP contribution is 2.48. The molecule has 3 heteroatoms. The molecule has 0 saturated heterocycles. The predicted molar refractivity (Wildman–Crippen MR) is 117 cm³/mol. The van der Waals surface area contributed by atoms with Crippen LogP contribution in [0.3, 0.4) is 0 Å². The number of aromatic hydroxyl groups is 1. The normalized spacial score (nSPS) is 15.0. The van der Waals surface area contributed by atoms with Crippen molar-refractivity contribution in [2.45, 2.75) is 65.6 Å². The molecular weight excluding hydrogens is 337 g/mol. The Labute approximate surface area is 160 Å². The largest absolute Gasteiger partial charge is 0.507 e. The predicted octanol–water partition coefficient (Wildman–Crippen LogP) is 5.86. The number of hydrogen-bond donors (Lipinski definition) is 1. The summed E-state index contributed by atoms with van der Waals surface area (Å²) < 4.78 is 0. The SMILES string of the molecule is CCC(C)(Pc1ccccc1/C=N/C(C)(C)C)c1cc(C)cc(C)c1O. The van der Waals surface area contributed by atoms with Crippen LogP contribution in [0, 0.1) is 13.8 Å². The van der Waals surface area contributed by atoms with Gasteiger partial charge in [-0.05, 0) is 57.5 Å². The molecule has 0 aliphatic rings. The van der Waals surface area contributed by atoms with E-state index in [1.54, 1.807) is 0 Å². The van der Waals surface area contributed by atoms with Crippen molar-refractivity contribution < 1.29 is 5.11 Å². The summed E-state index contributed by atoms with van der Waals surface area (Å²) >= 11 is 0. The van der Waals surface area contributed by atoms with Gasteiger partial charge in [-0.2, -0.15) is 0 Å². The average molecular weight is 369 g/mol. The molecule has 2 rings (SSSR count). The van der Waals surface area contributed by atoms with Crippen LogP contribution in [0.2, 0.25) is 0 Å². The van der Waals surface area contributed by atoms with Crippen LogP contribution in [0.5, 0.6) is 5.75 Å². The topological polar surface area (TPSA) is 32.6 Å². The highest BCUT2D eigenvalue weighted by molar-refractivity contribution is 7.48. The standard InChI is InChI=1S/C23H32NOP/c1-8-23(7,19-14-16(2)13-17(3)21(19)25)26-20-12-10-9-11-18(20)15-24-22(4,5)6/h9-15,25-26H,8H2,1-7H3/b24-15+. The number of phenolic OH excluding ortho intramolecular Hbond substituents is 1. The second-order valence-electron chi connectivity index (χ2n) is 8.30. The lowest BCUT2D eigenvalue weighted by Crippen LogP contribution is -2.21. The molecule has 0 heterocycles. The lowest BCUT2D eigenvalue weighted by Gasteiger charge is -2.31. The van der Waals surface area contributed by atoms with Gasteiger partial charge in [0.15, 0.2) is 0 Å².